The van der Waals surface area contributed by atoms with Gasteiger partial charge in [-0.3, -0.25) is 5.10 Å². The summed E-state index contributed by atoms with van der Waals surface area (Å²) in [5, 5.41) is 7.38. The van der Waals surface area contributed by atoms with Crippen LogP contribution in [0.15, 0.2) is 6.20 Å². The first-order chi connectivity index (χ1) is 9.41. The Hall–Kier alpha value is -0.845. The Kier molecular flexibility index (Phi) is 3.43. The zero-order valence-corrected chi connectivity index (χ0v) is 12.7. The molecule has 2 aliphatic heterocycles. The van der Waals surface area contributed by atoms with E-state index in [2.05, 4.69) is 37.9 Å². The van der Waals surface area contributed by atoms with Gasteiger partial charge in [-0.15, -0.1) is 0 Å². The Bertz CT molecular complexity index is 465. The van der Waals surface area contributed by atoms with E-state index in [1.165, 1.54) is 0 Å². The lowest BCUT2D eigenvalue weighted by Gasteiger charge is -2.32. The van der Waals surface area contributed by atoms with E-state index in [0.29, 0.717) is 5.92 Å². The molecule has 2 saturated heterocycles. The Morgan fingerprint density at radius 3 is 2.55 bits per heavy atom. The minimum Gasteiger partial charge on any atom is -0.399 e. The molecular weight excluding hydrogens is 255 g/mol. The van der Waals surface area contributed by atoms with Crippen LogP contribution in [0.1, 0.15) is 52.1 Å². The highest BCUT2D eigenvalue weighted by molar-refractivity contribution is 6.62. The maximum absolute atomic E-state index is 6.12. The van der Waals surface area contributed by atoms with E-state index >= 15 is 0 Å². The summed E-state index contributed by atoms with van der Waals surface area (Å²) in [5.74, 6) is 0.337. The molecule has 110 valence electrons. The fourth-order valence-corrected chi connectivity index (χ4v) is 2.75. The first kappa shape index (κ1) is 14.1. The first-order valence-corrected chi connectivity index (χ1v) is 7.38. The molecule has 0 aromatic carbocycles. The Morgan fingerprint density at radius 2 is 1.95 bits per heavy atom. The van der Waals surface area contributed by atoms with Crippen LogP contribution < -0.4 is 5.46 Å². The maximum atomic E-state index is 6.12. The molecule has 20 heavy (non-hydrogen) atoms. The monoisotopic (exact) mass is 278 g/mol. The van der Waals surface area contributed by atoms with Gasteiger partial charge in [0, 0.05) is 24.2 Å². The van der Waals surface area contributed by atoms with Gasteiger partial charge in [-0.05, 0) is 40.5 Å². The lowest BCUT2D eigenvalue weighted by molar-refractivity contribution is 0.00578. The van der Waals surface area contributed by atoms with Crippen LogP contribution >= 0.6 is 0 Å². The van der Waals surface area contributed by atoms with E-state index in [1.54, 1.807) is 0 Å². The van der Waals surface area contributed by atoms with E-state index in [-0.39, 0.29) is 18.3 Å². The van der Waals surface area contributed by atoms with Gasteiger partial charge in [0.15, 0.2) is 0 Å². The van der Waals surface area contributed by atoms with Crippen LogP contribution in [0.5, 0.6) is 0 Å². The summed E-state index contributed by atoms with van der Waals surface area (Å²) in [6, 6.07) is 0. The highest BCUT2D eigenvalue weighted by Gasteiger charge is 2.52. The number of rotatable bonds is 2. The van der Waals surface area contributed by atoms with Crippen molar-refractivity contribution in [3.8, 4) is 0 Å². The molecule has 2 aliphatic rings. The van der Waals surface area contributed by atoms with E-state index in [1.807, 2.05) is 6.20 Å². The zero-order chi connectivity index (χ0) is 14.4. The second kappa shape index (κ2) is 4.86. The van der Waals surface area contributed by atoms with Gasteiger partial charge in [0.05, 0.1) is 23.5 Å². The summed E-state index contributed by atoms with van der Waals surface area (Å²) in [6.07, 6.45) is 4.09. The maximum Gasteiger partial charge on any atom is 0.498 e. The summed E-state index contributed by atoms with van der Waals surface area (Å²) in [7, 11) is -0.351. The molecule has 1 N–H and O–H groups in total. The van der Waals surface area contributed by atoms with Gasteiger partial charge >= 0.3 is 7.12 Å². The van der Waals surface area contributed by atoms with Crippen molar-refractivity contribution >= 4 is 12.6 Å². The van der Waals surface area contributed by atoms with Crippen LogP contribution in [0.2, 0.25) is 0 Å². The molecule has 6 heteroatoms. The molecule has 1 atom stereocenters. The van der Waals surface area contributed by atoms with E-state index in [9.17, 15) is 0 Å². The van der Waals surface area contributed by atoms with Gasteiger partial charge in [0.25, 0.3) is 0 Å². The molecule has 3 heterocycles. The second-order valence-corrected chi connectivity index (χ2v) is 6.73. The average molecular weight is 278 g/mol. The van der Waals surface area contributed by atoms with Crippen molar-refractivity contribution in [1.29, 1.82) is 0 Å². The van der Waals surface area contributed by atoms with Gasteiger partial charge in [-0.1, -0.05) is 0 Å². The molecule has 2 fully saturated rings. The van der Waals surface area contributed by atoms with Crippen LogP contribution in [0.4, 0.5) is 0 Å². The number of aromatic nitrogens is 2. The molecule has 0 aliphatic carbocycles. The molecule has 3 rings (SSSR count). The van der Waals surface area contributed by atoms with Crippen LogP contribution in [0.3, 0.4) is 0 Å². The predicted molar refractivity (Wildman–Crippen MR) is 77.1 cm³/mol. The van der Waals surface area contributed by atoms with Crippen molar-refractivity contribution in [2.75, 3.05) is 13.2 Å². The lowest BCUT2D eigenvalue weighted by Crippen LogP contribution is -2.41. The van der Waals surface area contributed by atoms with Crippen LogP contribution in [-0.4, -0.2) is 41.7 Å². The third kappa shape index (κ3) is 2.30. The fourth-order valence-electron chi connectivity index (χ4n) is 2.75. The number of aromatic amines is 1. The predicted octanol–water partition coefficient (Wildman–Crippen LogP) is 1.60. The highest BCUT2D eigenvalue weighted by atomic mass is 16.7. The number of nitrogens with zero attached hydrogens (tertiary/aromatic N) is 1. The van der Waals surface area contributed by atoms with Crippen molar-refractivity contribution in [3.63, 3.8) is 0 Å². The molecular formula is C14H23BN2O3. The first-order valence-electron chi connectivity index (χ1n) is 7.38. The van der Waals surface area contributed by atoms with Crippen molar-refractivity contribution in [3.05, 3.63) is 11.9 Å². The minimum absolute atomic E-state index is 0.324. The number of H-pyrrole nitrogens is 1. The summed E-state index contributed by atoms with van der Waals surface area (Å²) in [6.45, 7) is 9.85. The average Bonchev–Trinajstić information content (AvgIpc) is 2.94. The van der Waals surface area contributed by atoms with Gasteiger partial charge in [-0.2, -0.15) is 5.10 Å². The van der Waals surface area contributed by atoms with Gasteiger partial charge in [-0.25, -0.2) is 0 Å². The molecule has 1 aromatic heterocycles. The van der Waals surface area contributed by atoms with E-state index in [0.717, 1.165) is 37.2 Å². The van der Waals surface area contributed by atoms with E-state index < -0.39 is 0 Å². The summed E-state index contributed by atoms with van der Waals surface area (Å²) in [5.41, 5.74) is 1.40. The number of nitrogens with one attached hydrogen (secondary N) is 1. The quantitative estimate of drug-likeness (QED) is 0.835. The third-order valence-corrected chi connectivity index (χ3v) is 4.75. The van der Waals surface area contributed by atoms with E-state index in [4.69, 9.17) is 14.0 Å². The Balaban J connectivity index is 1.84. The molecule has 1 aromatic rings. The Labute approximate surface area is 120 Å². The van der Waals surface area contributed by atoms with Crippen molar-refractivity contribution in [2.24, 2.45) is 0 Å². The summed E-state index contributed by atoms with van der Waals surface area (Å²) in [4.78, 5) is 0. The minimum atomic E-state index is -0.351. The van der Waals surface area contributed by atoms with Crippen molar-refractivity contribution in [1.82, 2.24) is 10.2 Å². The van der Waals surface area contributed by atoms with Crippen LogP contribution in [0.25, 0.3) is 0 Å². The summed E-state index contributed by atoms with van der Waals surface area (Å²) < 4.78 is 17.8. The van der Waals surface area contributed by atoms with Crippen molar-refractivity contribution < 1.29 is 14.0 Å². The Morgan fingerprint density at radius 1 is 1.25 bits per heavy atom. The second-order valence-electron chi connectivity index (χ2n) is 6.73. The third-order valence-electron chi connectivity index (χ3n) is 4.75. The lowest BCUT2D eigenvalue weighted by atomic mass is 9.76. The van der Waals surface area contributed by atoms with Crippen molar-refractivity contribution in [2.45, 2.75) is 57.7 Å². The largest absolute Gasteiger partial charge is 0.498 e. The SMILES string of the molecule is CC1(C)OB(c2c[nH]nc2C2CCCOC2)OC1(C)C. The van der Waals surface area contributed by atoms with Gasteiger partial charge < -0.3 is 14.0 Å². The van der Waals surface area contributed by atoms with Crippen LogP contribution in [0, 0.1) is 0 Å². The standard InChI is InChI=1S/C14H23BN2O3/c1-13(2)14(3,4)20-15(19-13)11-8-16-17-12(11)10-6-5-7-18-9-10/h8,10H,5-7,9H2,1-4H3,(H,16,17). The number of ether oxygens (including phenoxy) is 1. The normalized spacial score (nSPS) is 28.8. The molecule has 0 bridgehead atoms. The zero-order valence-electron chi connectivity index (χ0n) is 12.7. The highest BCUT2D eigenvalue weighted by Crippen LogP contribution is 2.37. The molecule has 0 spiro atoms. The van der Waals surface area contributed by atoms with Gasteiger partial charge in [0.1, 0.15) is 0 Å². The molecule has 0 radical (unpaired) electrons. The fraction of sp³-hybridized carbons (Fsp3) is 0.786. The topological polar surface area (TPSA) is 56.4 Å². The number of hydrogen-bond acceptors (Lipinski definition) is 4. The summed E-state index contributed by atoms with van der Waals surface area (Å²) >= 11 is 0. The number of hydrogen-bond donors (Lipinski definition) is 1. The smallest absolute Gasteiger partial charge is 0.399 e. The molecule has 0 saturated carbocycles. The van der Waals surface area contributed by atoms with Crippen LogP contribution in [-0.2, 0) is 14.0 Å². The molecule has 1 unspecified atom stereocenters. The molecule has 0 amide bonds. The van der Waals surface area contributed by atoms with Gasteiger partial charge in [0.2, 0.25) is 0 Å². The molecule has 5 nitrogen and oxygen atoms in total.